The summed E-state index contributed by atoms with van der Waals surface area (Å²) in [6.07, 6.45) is 2.24. The van der Waals surface area contributed by atoms with E-state index in [-0.39, 0.29) is 0 Å². The first-order valence-corrected chi connectivity index (χ1v) is 6.64. The molecule has 0 spiro atoms. The zero-order valence-corrected chi connectivity index (χ0v) is 11.2. The number of para-hydroxylation sites is 1. The van der Waals surface area contributed by atoms with Crippen LogP contribution in [0.15, 0.2) is 48.5 Å². The lowest BCUT2D eigenvalue weighted by atomic mass is 10.1. The molecule has 2 nitrogen and oxygen atoms in total. The first kappa shape index (κ1) is 13.2. The minimum absolute atomic E-state index is 0.704. The van der Waals surface area contributed by atoms with E-state index in [4.69, 9.17) is 5.26 Å². The van der Waals surface area contributed by atoms with Crippen molar-refractivity contribution in [1.82, 2.24) is 0 Å². The molecule has 0 bridgehead atoms. The number of anilines is 1. The molecule has 0 aliphatic rings. The van der Waals surface area contributed by atoms with Gasteiger partial charge in [0.05, 0.1) is 11.6 Å². The number of hydrogen-bond acceptors (Lipinski definition) is 2. The number of nitrogens with one attached hydrogen (secondary N) is 1. The average molecular weight is 250 g/mol. The Bertz CT molecular complexity index is 565. The van der Waals surface area contributed by atoms with E-state index < -0.39 is 0 Å². The number of benzene rings is 2. The lowest BCUT2D eigenvalue weighted by molar-refractivity contribution is 0.919. The van der Waals surface area contributed by atoms with Gasteiger partial charge in [-0.25, -0.2) is 0 Å². The molecule has 0 saturated carbocycles. The Morgan fingerprint density at radius 1 is 1.05 bits per heavy atom. The van der Waals surface area contributed by atoms with Crippen molar-refractivity contribution in [2.24, 2.45) is 0 Å². The number of nitrogens with zero attached hydrogens (tertiary/aromatic N) is 1. The Morgan fingerprint density at radius 2 is 1.79 bits per heavy atom. The van der Waals surface area contributed by atoms with Crippen LogP contribution in [0.5, 0.6) is 0 Å². The normalized spacial score (nSPS) is 9.89. The van der Waals surface area contributed by atoms with Gasteiger partial charge in [0.2, 0.25) is 0 Å². The maximum absolute atomic E-state index is 8.77. The molecule has 0 saturated heterocycles. The van der Waals surface area contributed by atoms with E-state index in [1.54, 1.807) is 0 Å². The lowest BCUT2D eigenvalue weighted by Gasteiger charge is -2.11. The van der Waals surface area contributed by atoms with Crippen molar-refractivity contribution in [1.29, 1.82) is 5.26 Å². The quantitative estimate of drug-likeness (QED) is 0.866. The molecule has 0 unspecified atom stereocenters. The number of hydrogen-bond donors (Lipinski definition) is 1. The molecule has 0 heterocycles. The van der Waals surface area contributed by atoms with E-state index in [0.717, 1.165) is 19.4 Å². The summed E-state index contributed by atoms with van der Waals surface area (Å²) in [5, 5.41) is 12.2. The largest absolute Gasteiger partial charge is 0.381 e. The summed E-state index contributed by atoms with van der Waals surface area (Å²) < 4.78 is 0. The summed E-state index contributed by atoms with van der Waals surface area (Å²) in [5.41, 5.74) is 4.45. The van der Waals surface area contributed by atoms with Gasteiger partial charge in [0.25, 0.3) is 0 Å². The predicted molar refractivity (Wildman–Crippen MR) is 78.9 cm³/mol. The van der Waals surface area contributed by atoms with Crippen molar-refractivity contribution in [3.05, 3.63) is 65.2 Å². The molecule has 0 aliphatic carbocycles. The van der Waals surface area contributed by atoms with Gasteiger partial charge in [0, 0.05) is 12.2 Å². The first-order chi connectivity index (χ1) is 9.33. The van der Waals surface area contributed by atoms with Gasteiger partial charge >= 0.3 is 0 Å². The molecule has 0 fully saturated rings. The molecule has 2 rings (SSSR count). The molecule has 2 aromatic rings. The van der Waals surface area contributed by atoms with Crippen molar-refractivity contribution in [3.8, 4) is 6.07 Å². The van der Waals surface area contributed by atoms with Gasteiger partial charge in [-0.05, 0) is 35.7 Å². The van der Waals surface area contributed by atoms with Gasteiger partial charge in [0.1, 0.15) is 0 Å². The average Bonchev–Trinajstić information content (AvgIpc) is 2.47. The summed E-state index contributed by atoms with van der Waals surface area (Å²) in [6.45, 7) is 2.98. The van der Waals surface area contributed by atoms with Crippen molar-refractivity contribution in [2.75, 3.05) is 5.32 Å². The molecule has 1 N–H and O–H groups in total. The maximum atomic E-state index is 8.77. The van der Waals surface area contributed by atoms with Gasteiger partial charge in [-0.2, -0.15) is 5.26 Å². The highest BCUT2D eigenvalue weighted by Crippen LogP contribution is 2.17. The van der Waals surface area contributed by atoms with Crippen LogP contribution in [-0.2, 0) is 13.0 Å². The van der Waals surface area contributed by atoms with Crippen molar-refractivity contribution >= 4 is 5.69 Å². The Hall–Kier alpha value is -2.27. The zero-order chi connectivity index (χ0) is 13.5. The van der Waals surface area contributed by atoms with Crippen molar-refractivity contribution < 1.29 is 0 Å². The van der Waals surface area contributed by atoms with Crippen LogP contribution in [0.3, 0.4) is 0 Å². The minimum atomic E-state index is 0.704. The van der Waals surface area contributed by atoms with E-state index in [2.05, 4.69) is 42.6 Å². The SMILES string of the molecule is CCCc1ccccc1NCc1ccc(C#N)cc1. The molecule has 0 atom stereocenters. The van der Waals surface area contributed by atoms with E-state index >= 15 is 0 Å². The smallest absolute Gasteiger partial charge is 0.0991 e. The Labute approximate surface area is 114 Å². The highest BCUT2D eigenvalue weighted by molar-refractivity contribution is 5.51. The van der Waals surface area contributed by atoms with Crippen LogP contribution < -0.4 is 5.32 Å². The third kappa shape index (κ3) is 3.59. The molecule has 2 heteroatoms. The third-order valence-corrected chi connectivity index (χ3v) is 3.10. The molecule has 19 heavy (non-hydrogen) atoms. The second kappa shape index (κ2) is 6.61. The fourth-order valence-corrected chi connectivity index (χ4v) is 2.07. The minimum Gasteiger partial charge on any atom is -0.381 e. The fourth-order valence-electron chi connectivity index (χ4n) is 2.07. The molecule has 0 radical (unpaired) electrons. The Balaban J connectivity index is 2.03. The fraction of sp³-hybridized carbons (Fsp3) is 0.235. The summed E-state index contributed by atoms with van der Waals surface area (Å²) in [6, 6.07) is 18.3. The van der Waals surface area contributed by atoms with Gasteiger partial charge in [-0.1, -0.05) is 43.7 Å². The van der Waals surface area contributed by atoms with Crippen LogP contribution in [0, 0.1) is 11.3 Å². The van der Waals surface area contributed by atoms with Crippen LogP contribution >= 0.6 is 0 Å². The molecular formula is C17H18N2. The van der Waals surface area contributed by atoms with Crippen molar-refractivity contribution in [3.63, 3.8) is 0 Å². The maximum Gasteiger partial charge on any atom is 0.0991 e. The molecule has 96 valence electrons. The van der Waals surface area contributed by atoms with E-state index in [1.807, 2.05) is 24.3 Å². The monoisotopic (exact) mass is 250 g/mol. The molecule has 0 aromatic heterocycles. The zero-order valence-electron chi connectivity index (χ0n) is 11.2. The third-order valence-electron chi connectivity index (χ3n) is 3.10. The van der Waals surface area contributed by atoms with E-state index in [9.17, 15) is 0 Å². The summed E-state index contributed by atoms with van der Waals surface area (Å²) in [4.78, 5) is 0. The van der Waals surface area contributed by atoms with Crippen LogP contribution in [0.4, 0.5) is 5.69 Å². The van der Waals surface area contributed by atoms with Crippen LogP contribution in [0.2, 0.25) is 0 Å². The first-order valence-electron chi connectivity index (χ1n) is 6.64. The number of aryl methyl sites for hydroxylation is 1. The second-order valence-electron chi connectivity index (χ2n) is 4.57. The predicted octanol–water partition coefficient (Wildman–Crippen LogP) is 4.12. The summed E-state index contributed by atoms with van der Waals surface area (Å²) >= 11 is 0. The summed E-state index contributed by atoms with van der Waals surface area (Å²) in [5.74, 6) is 0. The number of nitriles is 1. The molecular weight excluding hydrogens is 232 g/mol. The summed E-state index contributed by atoms with van der Waals surface area (Å²) in [7, 11) is 0. The highest BCUT2D eigenvalue weighted by Gasteiger charge is 2.00. The number of rotatable bonds is 5. The standard InChI is InChI=1S/C17H18N2/c1-2-5-16-6-3-4-7-17(16)19-13-15-10-8-14(12-18)9-11-15/h3-4,6-11,19H,2,5,13H2,1H3. The molecule has 0 aliphatic heterocycles. The van der Waals surface area contributed by atoms with Gasteiger partial charge < -0.3 is 5.32 Å². The molecule has 2 aromatic carbocycles. The highest BCUT2D eigenvalue weighted by atomic mass is 14.9. The van der Waals surface area contributed by atoms with Gasteiger partial charge in [-0.3, -0.25) is 0 Å². The van der Waals surface area contributed by atoms with E-state index in [0.29, 0.717) is 5.56 Å². The van der Waals surface area contributed by atoms with E-state index in [1.165, 1.54) is 16.8 Å². The Morgan fingerprint density at radius 3 is 2.47 bits per heavy atom. The lowest BCUT2D eigenvalue weighted by Crippen LogP contribution is -2.02. The van der Waals surface area contributed by atoms with Gasteiger partial charge in [0.15, 0.2) is 0 Å². The molecule has 0 amide bonds. The van der Waals surface area contributed by atoms with Crippen LogP contribution in [0.25, 0.3) is 0 Å². The Kier molecular flexibility index (Phi) is 4.58. The van der Waals surface area contributed by atoms with Crippen molar-refractivity contribution in [2.45, 2.75) is 26.3 Å². The van der Waals surface area contributed by atoms with Crippen LogP contribution in [-0.4, -0.2) is 0 Å². The van der Waals surface area contributed by atoms with Gasteiger partial charge in [-0.15, -0.1) is 0 Å². The van der Waals surface area contributed by atoms with Crippen LogP contribution in [0.1, 0.15) is 30.0 Å². The topological polar surface area (TPSA) is 35.8 Å². The second-order valence-corrected chi connectivity index (χ2v) is 4.57.